The molecule has 0 unspecified atom stereocenters. The number of hydrogen-bond acceptors (Lipinski definition) is 4. The minimum atomic E-state index is -3.38. The smallest absolute Gasteiger partial charge is 0.179 e. The molecule has 0 atom stereocenters. The molecule has 0 aromatic heterocycles. The van der Waals surface area contributed by atoms with Gasteiger partial charge in [-0.05, 0) is 43.5 Å². The maximum absolute atomic E-state index is 11.7. The van der Waals surface area contributed by atoms with Crippen LogP contribution in [-0.2, 0) is 9.84 Å². The van der Waals surface area contributed by atoms with Crippen molar-refractivity contribution in [3.05, 3.63) is 23.8 Å². The number of rotatable bonds is 2. The molecule has 0 aliphatic carbocycles. The van der Waals surface area contributed by atoms with E-state index in [0.717, 1.165) is 37.8 Å². The molecule has 0 amide bonds. The number of phenols is 1. The van der Waals surface area contributed by atoms with E-state index in [1.807, 2.05) is 6.07 Å². The zero-order valence-corrected chi connectivity index (χ0v) is 10.6. The van der Waals surface area contributed by atoms with Gasteiger partial charge < -0.3 is 10.4 Å². The molecule has 2 rings (SSSR count). The number of benzene rings is 1. The average molecular weight is 255 g/mol. The SMILES string of the molecule is CS(=O)(=O)c1c(O)cccc1C1CCNCC1. The van der Waals surface area contributed by atoms with Crippen LogP contribution in [0.1, 0.15) is 24.3 Å². The van der Waals surface area contributed by atoms with Crippen LogP contribution in [0.3, 0.4) is 0 Å². The number of sulfone groups is 1. The van der Waals surface area contributed by atoms with Gasteiger partial charge in [0.15, 0.2) is 9.84 Å². The summed E-state index contributed by atoms with van der Waals surface area (Å²) >= 11 is 0. The molecule has 94 valence electrons. The van der Waals surface area contributed by atoms with Crippen molar-refractivity contribution in [2.45, 2.75) is 23.7 Å². The molecule has 2 N–H and O–H groups in total. The Morgan fingerprint density at radius 2 is 1.94 bits per heavy atom. The van der Waals surface area contributed by atoms with E-state index in [9.17, 15) is 13.5 Å². The van der Waals surface area contributed by atoms with Crippen LogP contribution < -0.4 is 5.32 Å². The van der Waals surface area contributed by atoms with Gasteiger partial charge in [-0.25, -0.2) is 8.42 Å². The van der Waals surface area contributed by atoms with Crippen molar-refractivity contribution in [1.29, 1.82) is 0 Å². The van der Waals surface area contributed by atoms with Crippen LogP contribution in [0.15, 0.2) is 23.1 Å². The Labute approximate surface area is 102 Å². The first kappa shape index (κ1) is 12.4. The number of phenolic OH excluding ortho intramolecular Hbond substituents is 1. The summed E-state index contributed by atoms with van der Waals surface area (Å²) in [5, 5.41) is 13.0. The first-order valence-corrected chi connectivity index (χ1v) is 7.62. The van der Waals surface area contributed by atoms with Crippen molar-refractivity contribution in [3.63, 3.8) is 0 Å². The summed E-state index contributed by atoms with van der Waals surface area (Å²) in [6.45, 7) is 1.78. The van der Waals surface area contributed by atoms with Crippen molar-refractivity contribution >= 4 is 9.84 Å². The van der Waals surface area contributed by atoms with Crippen molar-refractivity contribution in [3.8, 4) is 5.75 Å². The second kappa shape index (κ2) is 4.66. The van der Waals surface area contributed by atoms with E-state index < -0.39 is 9.84 Å². The molecule has 17 heavy (non-hydrogen) atoms. The number of piperidine rings is 1. The Bertz CT molecular complexity index is 504. The minimum Gasteiger partial charge on any atom is -0.507 e. The Balaban J connectivity index is 2.49. The largest absolute Gasteiger partial charge is 0.507 e. The molecule has 4 nitrogen and oxygen atoms in total. The van der Waals surface area contributed by atoms with Gasteiger partial charge in [-0.1, -0.05) is 12.1 Å². The summed E-state index contributed by atoms with van der Waals surface area (Å²) in [6, 6.07) is 4.95. The highest BCUT2D eigenvalue weighted by molar-refractivity contribution is 7.90. The van der Waals surface area contributed by atoms with Crippen LogP contribution in [0, 0.1) is 0 Å². The third kappa shape index (κ3) is 2.61. The first-order chi connectivity index (χ1) is 8.00. The summed E-state index contributed by atoms with van der Waals surface area (Å²) in [5.41, 5.74) is 0.758. The van der Waals surface area contributed by atoms with E-state index in [1.165, 1.54) is 6.07 Å². The Kier molecular flexibility index (Phi) is 3.40. The van der Waals surface area contributed by atoms with Crippen molar-refractivity contribution < 1.29 is 13.5 Å². The third-order valence-electron chi connectivity index (χ3n) is 3.17. The van der Waals surface area contributed by atoms with Gasteiger partial charge >= 0.3 is 0 Å². The topological polar surface area (TPSA) is 66.4 Å². The average Bonchev–Trinajstić information content (AvgIpc) is 2.28. The van der Waals surface area contributed by atoms with Crippen molar-refractivity contribution in [1.82, 2.24) is 5.32 Å². The van der Waals surface area contributed by atoms with Crippen LogP contribution in [0.2, 0.25) is 0 Å². The second-order valence-corrected chi connectivity index (χ2v) is 6.44. The van der Waals surface area contributed by atoms with Crippen LogP contribution >= 0.6 is 0 Å². The predicted molar refractivity (Wildman–Crippen MR) is 66.1 cm³/mol. The molecule has 1 fully saturated rings. The highest BCUT2D eigenvalue weighted by Gasteiger charge is 2.24. The monoisotopic (exact) mass is 255 g/mol. The van der Waals surface area contributed by atoms with E-state index in [-0.39, 0.29) is 16.6 Å². The highest BCUT2D eigenvalue weighted by Crippen LogP contribution is 2.35. The van der Waals surface area contributed by atoms with Gasteiger partial charge in [-0.3, -0.25) is 0 Å². The molecule has 1 aromatic carbocycles. The summed E-state index contributed by atoms with van der Waals surface area (Å²) in [6.07, 6.45) is 2.96. The maximum Gasteiger partial charge on any atom is 0.179 e. The Morgan fingerprint density at radius 3 is 2.53 bits per heavy atom. The van der Waals surface area contributed by atoms with Gasteiger partial charge in [0.1, 0.15) is 10.6 Å². The number of nitrogens with one attached hydrogen (secondary N) is 1. The summed E-state index contributed by atoms with van der Waals surface area (Å²) in [7, 11) is -3.38. The molecule has 0 radical (unpaired) electrons. The summed E-state index contributed by atoms with van der Waals surface area (Å²) < 4.78 is 23.5. The van der Waals surface area contributed by atoms with Gasteiger partial charge in [-0.15, -0.1) is 0 Å². The van der Waals surface area contributed by atoms with Crippen LogP contribution in [0.25, 0.3) is 0 Å². The lowest BCUT2D eigenvalue weighted by Gasteiger charge is -2.24. The van der Waals surface area contributed by atoms with Gasteiger partial charge in [0.2, 0.25) is 0 Å². The molecule has 5 heteroatoms. The fourth-order valence-electron chi connectivity index (χ4n) is 2.40. The molecule has 1 aliphatic rings. The summed E-state index contributed by atoms with van der Waals surface area (Å²) in [5.74, 6) is 0.0802. The first-order valence-electron chi connectivity index (χ1n) is 5.73. The van der Waals surface area contributed by atoms with E-state index in [4.69, 9.17) is 0 Å². The third-order valence-corrected chi connectivity index (χ3v) is 4.36. The standard InChI is InChI=1S/C12H17NO3S/c1-17(15,16)12-10(3-2-4-11(12)14)9-5-7-13-8-6-9/h2-4,9,13-14H,5-8H2,1H3. The molecular weight excluding hydrogens is 238 g/mol. The lowest BCUT2D eigenvalue weighted by molar-refractivity contribution is 0.435. The highest BCUT2D eigenvalue weighted by atomic mass is 32.2. The predicted octanol–water partition coefficient (Wildman–Crippen LogP) is 1.26. The van der Waals surface area contributed by atoms with Gasteiger partial charge in [0.25, 0.3) is 0 Å². The molecule has 0 saturated carbocycles. The fraction of sp³-hybridized carbons (Fsp3) is 0.500. The van der Waals surface area contributed by atoms with Crippen LogP contribution in [0.5, 0.6) is 5.75 Å². The minimum absolute atomic E-state index is 0.104. The molecule has 0 spiro atoms. The summed E-state index contributed by atoms with van der Waals surface area (Å²) in [4.78, 5) is 0.104. The van der Waals surface area contributed by atoms with Crippen LogP contribution in [0.4, 0.5) is 0 Å². The van der Waals surface area contributed by atoms with E-state index in [0.29, 0.717) is 0 Å². The molecule has 1 heterocycles. The lowest BCUT2D eigenvalue weighted by Crippen LogP contribution is -2.27. The number of aromatic hydroxyl groups is 1. The van der Waals surface area contributed by atoms with Crippen LogP contribution in [-0.4, -0.2) is 32.9 Å². The van der Waals surface area contributed by atoms with Gasteiger partial charge in [0.05, 0.1) is 0 Å². The Morgan fingerprint density at radius 1 is 1.29 bits per heavy atom. The Hall–Kier alpha value is -1.07. The van der Waals surface area contributed by atoms with E-state index in [1.54, 1.807) is 6.07 Å². The van der Waals surface area contributed by atoms with Crippen molar-refractivity contribution in [2.24, 2.45) is 0 Å². The zero-order chi connectivity index (χ0) is 12.5. The molecule has 1 saturated heterocycles. The molecule has 0 bridgehead atoms. The molecule has 1 aromatic rings. The zero-order valence-electron chi connectivity index (χ0n) is 9.81. The van der Waals surface area contributed by atoms with Crippen molar-refractivity contribution in [2.75, 3.05) is 19.3 Å². The number of hydrogen-bond donors (Lipinski definition) is 2. The van der Waals surface area contributed by atoms with E-state index >= 15 is 0 Å². The van der Waals surface area contributed by atoms with Gasteiger partial charge in [-0.2, -0.15) is 0 Å². The van der Waals surface area contributed by atoms with Gasteiger partial charge in [0, 0.05) is 6.26 Å². The van der Waals surface area contributed by atoms with E-state index in [2.05, 4.69) is 5.32 Å². The lowest BCUT2D eigenvalue weighted by atomic mass is 9.90. The molecule has 1 aliphatic heterocycles. The normalized spacial score (nSPS) is 18.2. The quantitative estimate of drug-likeness (QED) is 0.835. The fourth-order valence-corrected chi connectivity index (χ4v) is 3.51. The maximum atomic E-state index is 11.7. The second-order valence-electron chi connectivity index (χ2n) is 4.49. The molecular formula is C12H17NO3S.